The van der Waals surface area contributed by atoms with Gasteiger partial charge in [-0.15, -0.1) is 0 Å². The number of esters is 1. The first-order valence-electron chi connectivity index (χ1n) is 11.4. The molecular formula is C30H24BrNO4. The van der Waals surface area contributed by atoms with Crippen LogP contribution in [0.15, 0.2) is 109 Å². The molecule has 4 aromatic carbocycles. The van der Waals surface area contributed by atoms with Crippen molar-refractivity contribution in [2.45, 2.75) is 17.9 Å². The van der Waals surface area contributed by atoms with Crippen molar-refractivity contribution < 1.29 is 19.1 Å². The third kappa shape index (κ3) is 6.15. The van der Waals surface area contributed by atoms with Crippen LogP contribution in [0.1, 0.15) is 47.0 Å². The van der Waals surface area contributed by atoms with Crippen LogP contribution >= 0.6 is 15.9 Å². The standard InChI is InChI=1S/C30H24BrNO4/c1-20-10-8-15-23(18-20)29(34)32-25-17-9-16-24(19-25)30(35)36-28(26(31)21-11-4-2-5-12-21)27(33)22-13-6-3-7-14-22/h2-19,26,28H,1H3,(H,32,34)/t26-,28+/m0/s1. The number of carbonyl (C=O) groups is 3. The molecule has 0 radical (unpaired) electrons. The summed E-state index contributed by atoms with van der Waals surface area (Å²) in [6.07, 6.45) is -1.10. The SMILES string of the molecule is Cc1cccc(C(=O)Nc2cccc(C(=O)O[C@@H](C(=O)c3ccccc3)[C@@H](Br)c3ccccc3)c2)c1. The number of ketones is 1. The van der Waals surface area contributed by atoms with Crippen molar-refractivity contribution >= 4 is 39.3 Å². The van der Waals surface area contributed by atoms with Crippen molar-refractivity contribution in [3.05, 3.63) is 137 Å². The van der Waals surface area contributed by atoms with E-state index in [2.05, 4.69) is 21.2 Å². The maximum atomic E-state index is 13.4. The van der Waals surface area contributed by atoms with Crippen LogP contribution in [0, 0.1) is 6.92 Å². The Labute approximate surface area is 218 Å². The second-order valence-electron chi connectivity index (χ2n) is 8.27. The quantitative estimate of drug-likeness (QED) is 0.151. The molecule has 0 aliphatic heterocycles. The summed E-state index contributed by atoms with van der Waals surface area (Å²) < 4.78 is 5.78. The van der Waals surface area contributed by atoms with E-state index in [1.54, 1.807) is 54.6 Å². The van der Waals surface area contributed by atoms with Gasteiger partial charge in [-0.2, -0.15) is 0 Å². The number of alkyl halides is 1. The largest absolute Gasteiger partial charge is 0.449 e. The highest BCUT2D eigenvalue weighted by Gasteiger charge is 2.32. The van der Waals surface area contributed by atoms with Gasteiger partial charge in [0.15, 0.2) is 6.10 Å². The Morgan fingerprint density at radius 3 is 2.03 bits per heavy atom. The van der Waals surface area contributed by atoms with Crippen LogP contribution in [0.25, 0.3) is 0 Å². The highest BCUT2D eigenvalue weighted by molar-refractivity contribution is 9.09. The van der Waals surface area contributed by atoms with Crippen LogP contribution < -0.4 is 5.32 Å². The predicted octanol–water partition coefficient (Wildman–Crippen LogP) is 6.79. The minimum absolute atomic E-state index is 0.218. The van der Waals surface area contributed by atoms with Gasteiger partial charge in [-0.05, 0) is 42.8 Å². The van der Waals surface area contributed by atoms with Crippen LogP contribution in [0.3, 0.4) is 0 Å². The number of ether oxygens (including phenoxy) is 1. The number of rotatable bonds is 8. The number of halogens is 1. The normalized spacial score (nSPS) is 12.3. The summed E-state index contributed by atoms with van der Waals surface area (Å²) in [5.41, 5.74) is 3.39. The summed E-state index contributed by atoms with van der Waals surface area (Å²) in [5, 5.41) is 2.81. The molecule has 1 N–H and O–H groups in total. The summed E-state index contributed by atoms with van der Waals surface area (Å²) in [6, 6.07) is 31.7. The molecule has 1 amide bonds. The molecule has 4 aromatic rings. The van der Waals surface area contributed by atoms with Gasteiger partial charge in [-0.1, -0.05) is 100 Å². The number of carbonyl (C=O) groups excluding carboxylic acids is 3. The molecular weight excluding hydrogens is 518 g/mol. The Hall–Kier alpha value is -4.03. The Kier molecular flexibility index (Phi) is 8.08. The van der Waals surface area contributed by atoms with E-state index in [4.69, 9.17) is 4.74 Å². The monoisotopic (exact) mass is 541 g/mol. The van der Waals surface area contributed by atoms with Crippen LogP contribution in [-0.2, 0) is 4.74 Å². The van der Waals surface area contributed by atoms with Gasteiger partial charge in [-0.3, -0.25) is 9.59 Å². The van der Waals surface area contributed by atoms with Crippen LogP contribution in [0.2, 0.25) is 0 Å². The van der Waals surface area contributed by atoms with Crippen molar-refractivity contribution in [2.24, 2.45) is 0 Å². The maximum absolute atomic E-state index is 13.4. The molecule has 6 heteroatoms. The molecule has 0 saturated heterocycles. The minimum atomic E-state index is -1.10. The van der Waals surface area contributed by atoms with E-state index >= 15 is 0 Å². The van der Waals surface area contributed by atoms with Gasteiger partial charge in [0.25, 0.3) is 5.91 Å². The average Bonchev–Trinajstić information content (AvgIpc) is 2.92. The lowest BCUT2D eigenvalue weighted by Gasteiger charge is -2.22. The van der Waals surface area contributed by atoms with Gasteiger partial charge < -0.3 is 10.1 Å². The molecule has 180 valence electrons. The first-order valence-corrected chi connectivity index (χ1v) is 12.3. The van der Waals surface area contributed by atoms with Crippen molar-refractivity contribution in [3.8, 4) is 0 Å². The Morgan fingerprint density at radius 1 is 0.722 bits per heavy atom. The molecule has 0 aromatic heterocycles. The van der Waals surface area contributed by atoms with Gasteiger partial charge in [-0.25, -0.2) is 4.79 Å². The van der Waals surface area contributed by atoms with Crippen LogP contribution in [-0.4, -0.2) is 23.8 Å². The lowest BCUT2D eigenvalue weighted by Crippen LogP contribution is -2.31. The molecule has 2 atom stereocenters. The van der Waals surface area contributed by atoms with Gasteiger partial charge in [0.1, 0.15) is 0 Å². The smallest absolute Gasteiger partial charge is 0.338 e. The fourth-order valence-corrected chi connectivity index (χ4v) is 4.37. The number of anilines is 1. The number of hydrogen-bond donors (Lipinski definition) is 1. The number of hydrogen-bond acceptors (Lipinski definition) is 4. The first kappa shape index (κ1) is 25.1. The Bertz CT molecular complexity index is 1370. The minimum Gasteiger partial charge on any atom is -0.449 e. The van der Waals surface area contributed by atoms with E-state index in [0.29, 0.717) is 16.8 Å². The molecule has 5 nitrogen and oxygen atoms in total. The van der Waals surface area contributed by atoms with Gasteiger partial charge >= 0.3 is 5.97 Å². The van der Waals surface area contributed by atoms with E-state index in [9.17, 15) is 14.4 Å². The summed E-state index contributed by atoms with van der Waals surface area (Å²) in [7, 11) is 0. The number of benzene rings is 4. The Balaban J connectivity index is 1.56. The predicted molar refractivity (Wildman–Crippen MR) is 144 cm³/mol. The maximum Gasteiger partial charge on any atom is 0.338 e. The molecule has 0 aliphatic carbocycles. The second-order valence-corrected chi connectivity index (χ2v) is 9.26. The van der Waals surface area contributed by atoms with Gasteiger partial charge in [0, 0.05) is 16.8 Å². The van der Waals surface area contributed by atoms with E-state index in [-0.39, 0.29) is 17.3 Å². The van der Waals surface area contributed by atoms with Crippen molar-refractivity contribution in [2.75, 3.05) is 5.32 Å². The fourth-order valence-electron chi connectivity index (χ4n) is 3.72. The molecule has 0 fully saturated rings. The summed E-state index contributed by atoms with van der Waals surface area (Å²) in [6.45, 7) is 1.91. The van der Waals surface area contributed by atoms with Crippen molar-refractivity contribution in [1.29, 1.82) is 0 Å². The third-order valence-corrected chi connectivity index (χ3v) is 6.58. The van der Waals surface area contributed by atoms with Crippen LogP contribution in [0.4, 0.5) is 5.69 Å². The third-order valence-electron chi connectivity index (χ3n) is 5.57. The van der Waals surface area contributed by atoms with Crippen molar-refractivity contribution in [3.63, 3.8) is 0 Å². The molecule has 0 bridgehead atoms. The van der Waals surface area contributed by atoms with E-state index in [1.165, 1.54) is 6.07 Å². The zero-order valence-corrected chi connectivity index (χ0v) is 21.1. The number of nitrogens with one attached hydrogen (secondary N) is 1. The van der Waals surface area contributed by atoms with E-state index < -0.39 is 16.9 Å². The van der Waals surface area contributed by atoms with Gasteiger partial charge in [0.2, 0.25) is 5.78 Å². The fraction of sp³-hybridized carbons (Fsp3) is 0.100. The summed E-state index contributed by atoms with van der Waals surface area (Å²) >= 11 is 3.58. The molecule has 0 spiro atoms. The number of aryl methyl sites for hydroxylation is 1. The number of amides is 1. The molecule has 0 aliphatic rings. The topological polar surface area (TPSA) is 72.5 Å². The highest BCUT2D eigenvalue weighted by Crippen LogP contribution is 2.31. The molecule has 0 unspecified atom stereocenters. The average molecular weight is 542 g/mol. The lowest BCUT2D eigenvalue weighted by atomic mass is 9.99. The Morgan fingerprint density at radius 2 is 1.33 bits per heavy atom. The highest BCUT2D eigenvalue weighted by atomic mass is 79.9. The second kappa shape index (κ2) is 11.6. The molecule has 4 rings (SSSR count). The number of Topliss-reactive ketones (excluding diaryl/α,β-unsaturated/α-hetero) is 1. The molecule has 0 heterocycles. The van der Waals surface area contributed by atoms with Crippen molar-refractivity contribution in [1.82, 2.24) is 0 Å². The zero-order valence-electron chi connectivity index (χ0n) is 19.6. The van der Waals surface area contributed by atoms with Crippen LogP contribution in [0.5, 0.6) is 0 Å². The van der Waals surface area contributed by atoms with E-state index in [1.807, 2.05) is 55.5 Å². The van der Waals surface area contributed by atoms with E-state index in [0.717, 1.165) is 11.1 Å². The lowest BCUT2D eigenvalue weighted by molar-refractivity contribution is 0.0282. The zero-order chi connectivity index (χ0) is 25.5. The summed E-state index contributed by atoms with van der Waals surface area (Å²) in [4.78, 5) is 38.6. The van der Waals surface area contributed by atoms with Gasteiger partial charge in [0.05, 0.1) is 10.4 Å². The molecule has 0 saturated carbocycles. The molecule has 36 heavy (non-hydrogen) atoms. The first-order chi connectivity index (χ1) is 17.4. The summed E-state index contributed by atoms with van der Waals surface area (Å²) in [5.74, 6) is -1.28.